The Labute approximate surface area is 197 Å². The number of anilines is 1. The highest BCUT2D eigenvalue weighted by Gasteiger charge is 2.32. The smallest absolute Gasteiger partial charge is 0.268 e. The Kier molecular flexibility index (Phi) is 5.62. The number of thiophene rings is 1. The predicted molar refractivity (Wildman–Crippen MR) is 138 cm³/mol. The molecular formula is C27H28N4OS. The normalized spacial score (nSPS) is 16.3. The van der Waals surface area contributed by atoms with Gasteiger partial charge in [-0.2, -0.15) is 5.10 Å². The number of hydrogen-bond donors (Lipinski definition) is 1. The van der Waals surface area contributed by atoms with E-state index in [1.807, 2.05) is 60.7 Å². The van der Waals surface area contributed by atoms with Gasteiger partial charge in [-0.25, -0.2) is 15.0 Å². The first-order chi connectivity index (χ1) is 15.9. The van der Waals surface area contributed by atoms with Crippen molar-refractivity contribution in [3.8, 4) is 5.69 Å². The van der Waals surface area contributed by atoms with Gasteiger partial charge in [0.05, 0.1) is 17.3 Å². The fourth-order valence-electron chi connectivity index (χ4n) is 4.56. The van der Waals surface area contributed by atoms with Crippen LogP contribution in [0, 0.1) is 11.3 Å². The lowest BCUT2D eigenvalue weighted by Gasteiger charge is -2.33. The number of aromatic nitrogens is 2. The van der Waals surface area contributed by atoms with Crippen molar-refractivity contribution in [1.29, 1.82) is 0 Å². The molecule has 0 amide bonds. The van der Waals surface area contributed by atoms with Gasteiger partial charge in [0.15, 0.2) is 0 Å². The second-order valence-electron chi connectivity index (χ2n) is 9.68. The highest BCUT2D eigenvalue weighted by molar-refractivity contribution is 7.18. The van der Waals surface area contributed by atoms with E-state index < -0.39 is 0 Å². The van der Waals surface area contributed by atoms with Crippen LogP contribution in [0.15, 0.2) is 70.6 Å². The van der Waals surface area contributed by atoms with Crippen LogP contribution in [-0.2, 0) is 12.8 Å². The summed E-state index contributed by atoms with van der Waals surface area (Å²) in [5.41, 5.74) is 6.20. The van der Waals surface area contributed by atoms with Crippen LogP contribution in [0.3, 0.4) is 0 Å². The summed E-state index contributed by atoms with van der Waals surface area (Å²) in [5, 5.41) is 5.15. The van der Waals surface area contributed by atoms with Crippen LogP contribution in [0.5, 0.6) is 0 Å². The molecule has 0 fully saturated rings. The van der Waals surface area contributed by atoms with Crippen LogP contribution in [0.25, 0.3) is 15.9 Å². The van der Waals surface area contributed by atoms with Crippen molar-refractivity contribution in [3.63, 3.8) is 0 Å². The summed E-state index contributed by atoms with van der Waals surface area (Å²) < 4.78 is 1.65. The Morgan fingerprint density at radius 3 is 2.48 bits per heavy atom. The van der Waals surface area contributed by atoms with Crippen LogP contribution >= 0.6 is 11.3 Å². The molecule has 5 rings (SSSR count). The highest BCUT2D eigenvalue weighted by atomic mass is 32.1. The van der Waals surface area contributed by atoms with Crippen LogP contribution in [-0.4, -0.2) is 15.8 Å². The molecule has 2 aromatic carbocycles. The summed E-state index contributed by atoms with van der Waals surface area (Å²) in [4.78, 5) is 20.8. The number of aryl methyl sites for hydroxylation is 1. The van der Waals surface area contributed by atoms with Gasteiger partial charge >= 0.3 is 0 Å². The van der Waals surface area contributed by atoms with E-state index in [0.717, 1.165) is 40.7 Å². The number of nitrogens with zero attached hydrogens (tertiary/aromatic N) is 3. The van der Waals surface area contributed by atoms with E-state index >= 15 is 0 Å². The highest BCUT2D eigenvalue weighted by Crippen LogP contribution is 2.42. The number of rotatable bonds is 4. The number of nitrogens with one attached hydrogen (secondary N) is 1. The van der Waals surface area contributed by atoms with Gasteiger partial charge < -0.3 is 0 Å². The second-order valence-corrected chi connectivity index (χ2v) is 10.8. The molecule has 0 aliphatic heterocycles. The SMILES string of the molecule is CC(C)(C)[C@@H]1CCc2c(sc3nc(NN=Cc4ccccc4)n(-c4ccccc4)c(=O)c23)C1. The molecule has 33 heavy (non-hydrogen) atoms. The number of hydrogen-bond acceptors (Lipinski definition) is 5. The summed E-state index contributed by atoms with van der Waals surface area (Å²) in [6.45, 7) is 6.93. The topological polar surface area (TPSA) is 59.3 Å². The van der Waals surface area contributed by atoms with Crippen LogP contribution in [0.1, 0.15) is 43.2 Å². The zero-order valence-electron chi connectivity index (χ0n) is 19.2. The average Bonchev–Trinajstić information content (AvgIpc) is 3.18. The number of hydrazone groups is 1. The summed E-state index contributed by atoms with van der Waals surface area (Å²) in [6.07, 6.45) is 4.79. The Hall–Kier alpha value is -3.25. The summed E-state index contributed by atoms with van der Waals surface area (Å²) in [6, 6.07) is 19.5. The molecular weight excluding hydrogens is 428 g/mol. The molecule has 0 unspecified atom stereocenters. The van der Waals surface area contributed by atoms with Crippen molar-refractivity contribution in [1.82, 2.24) is 9.55 Å². The average molecular weight is 457 g/mol. The first kappa shape index (κ1) is 21.6. The van der Waals surface area contributed by atoms with Crippen molar-refractivity contribution in [3.05, 3.63) is 87.0 Å². The molecule has 2 heterocycles. The molecule has 1 N–H and O–H groups in total. The van der Waals surface area contributed by atoms with Crippen LogP contribution < -0.4 is 11.0 Å². The van der Waals surface area contributed by atoms with Gasteiger partial charge in [-0.05, 0) is 53.9 Å². The van der Waals surface area contributed by atoms with E-state index in [2.05, 4.69) is 31.3 Å². The maximum absolute atomic E-state index is 13.8. The molecule has 5 nitrogen and oxygen atoms in total. The van der Waals surface area contributed by atoms with Crippen molar-refractivity contribution >= 4 is 33.7 Å². The Balaban J connectivity index is 1.62. The maximum Gasteiger partial charge on any atom is 0.268 e. The molecule has 0 radical (unpaired) electrons. The minimum absolute atomic E-state index is 0.0321. The summed E-state index contributed by atoms with van der Waals surface area (Å²) in [5.74, 6) is 1.04. The molecule has 0 spiro atoms. The summed E-state index contributed by atoms with van der Waals surface area (Å²) >= 11 is 1.67. The van der Waals surface area contributed by atoms with Gasteiger partial charge in [-0.3, -0.25) is 4.79 Å². The van der Waals surface area contributed by atoms with Gasteiger partial charge in [0.2, 0.25) is 5.95 Å². The Bertz CT molecular complexity index is 1360. The minimum Gasteiger partial charge on any atom is -0.268 e. The maximum atomic E-state index is 13.8. The second kappa shape index (κ2) is 8.60. The molecule has 0 bridgehead atoms. The molecule has 4 aromatic rings. The van der Waals surface area contributed by atoms with Crippen molar-refractivity contribution < 1.29 is 0 Å². The molecule has 1 aliphatic carbocycles. The minimum atomic E-state index is -0.0321. The van der Waals surface area contributed by atoms with Crippen LogP contribution in [0.2, 0.25) is 0 Å². The molecule has 1 atom stereocenters. The fourth-order valence-corrected chi connectivity index (χ4v) is 5.85. The quantitative estimate of drug-likeness (QED) is 0.301. The van der Waals surface area contributed by atoms with Gasteiger partial charge in [0.25, 0.3) is 5.56 Å². The van der Waals surface area contributed by atoms with Gasteiger partial charge in [-0.15, -0.1) is 11.3 Å². The van der Waals surface area contributed by atoms with Gasteiger partial charge in [0.1, 0.15) is 4.83 Å². The molecule has 1 aliphatic rings. The van der Waals surface area contributed by atoms with E-state index in [9.17, 15) is 4.79 Å². The number of para-hydroxylation sites is 1. The first-order valence-electron chi connectivity index (χ1n) is 11.4. The molecule has 2 aromatic heterocycles. The molecule has 0 saturated heterocycles. The monoisotopic (exact) mass is 456 g/mol. The lowest BCUT2D eigenvalue weighted by Crippen LogP contribution is -2.27. The van der Waals surface area contributed by atoms with Crippen molar-refractivity contribution in [2.45, 2.75) is 40.0 Å². The van der Waals surface area contributed by atoms with E-state index in [1.165, 1.54) is 10.4 Å². The number of fused-ring (bicyclic) bond motifs is 3. The third kappa shape index (κ3) is 4.23. The fraction of sp³-hybridized carbons (Fsp3) is 0.296. The zero-order valence-corrected chi connectivity index (χ0v) is 20.0. The van der Waals surface area contributed by atoms with E-state index in [-0.39, 0.29) is 11.0 Å². The van der Waals surface area contributed by atoms with E-state index in [1.54, 1.807) is 22.1 Å². The standard InChI is InChI=1S/C27H28N4OS/c1-27(2,3)19-14-15-21-22(16-19)33-24-23(21)25(32)31(20-12-8-5-9-13-20)26(29-24)30-28-17-18-10-6-4-7-11-18/h4-13,17,19H,14-16H2,1-3H3,(H,29,30)/t19-/m1/s1. The third-order valence-electron chi connectivity index (χ3n) is 6.50. The molecule has 168 valence electrons. The third-order valence-corrected chi connectivity index (χ3v) is 7.65. The molecule has 6 heteroatoms. The first-order valence-corrected chi connectivity index (χ1v) is 12.2. The van der Waals surface area contributed by atoms with Gasteiger partial charge in [-0.1, -0.05) is 69.3 Å². The predicted octanol–water partition coefficient (Wildman–Crippen LogP) is 6.04. The largest absolute Gasteiger partial charge is 0.268 e. The van der Waals surface area contributed by atoms with Gasteiger partial charge in [0, 0.05) is 4.88 Å². The van der Waals surface area contributed by atoms with E-state index in [4.69, 9.17) is 4.98 Å². The van der Waals surface area contributed by atoms with Crippen molar-refractivity contribution in [2.75, 3.05) is 5.43 Å². The summed E-state index contributed by atoms with van der Waals surface area (Å²) in [7, 11) is 0. The Morgan fingerprint density at radius 1 is 1.09 bits per heavy atom. The Morgan fingerprint density at radius 2 is 1.79 bits per heavy atom. The van der Waals surface area contributed by atoms with E-state index in [0.29, 0.717) is 11.9 Å². The van der Waals surface area contributed by atoms with Crippen molar-refractivity contribution in [2.24, 2.45) is 16.4 Å². The molecule has 0 saturated carbocycles. The number of benzene rings is 2. The zero-order chi connectivity index (χ0) is 23.0. The van der Waals surface area contributed by atoms with Crippen LogP contribution in [0.4, 0.5) is 5.95 Å². The lowest BCUT2D eigenvalue weighted by molar-refractivity contribution is 0.218. The lowest BCUT2D eigenvalue weighted by atomic mass is 9.72.